The number of ether oxygens (including phenoxy) is 1. The van der Waals surface area contributed by atoms with Gasteiger partial charge in [-0.25, -0.2) is 0 Å². The first-order chi connectivity index (χ1) is 10.1. The number of carbonyl (C=O) groups is 2. The number of hydrogen-bond donors (Lipinski definition) is 1. The largest absolute Gasteiger partial charge is 0.496 e. The predicted octanol–water partition coefficient (Wildman–Crippen LogP) is 1.98. The first-order valence-electron chi connectivity index (χ1n) is 6.97. The van der Waals surface area contributed by atoms with Crippen LogP contribution in [0.2, 0.25) is 5.02 Å². The molecule has 5 nitrogen and oxygen atoms in total. The summed E-state index contributed by atoms with van der Waals surface area (Å²) in [7, 11) is 1.57. The van der Waals surface area contributed by atoms with E-state index in [-0.39, 0.29) is 18.2 Å². The molecule has 0 spiro atoms. The van der Waals surface area contributed by atoms with Crippen molar-refractivity contribution in [3.8, 4) is 5.75 Å². The molecule has 0 aromatic heterocycles. The standard InChI is InChI=1S/C15H19ClN2O3/c1-3-7-18-14(19)8-12(15(18)20)17-9-10-11(16)5-4-6-13(10)21-2/h4-6,12,17H,3,7-9H2,1-2H3. The van der Waals surface area contributed by atoms with E-state index in [0.717, 1.165) is 12.0 Å². The van der Waals surface area contributed by atoms with E-state index in [9.17, 15) is 9.59 Å². The van der Waals surface area contributed by atoms with Crippen LogP contribution in [-0.2, 0) is 16.1 Å². The van der Waals surface area contributed by atoms with E-state index in [1.807, 2.05) is 13.0 Å². The molecular formula is C15H19ClN2O3. The molecule has 1 unspecified atom stereocenters. The third-order valence-electron chi connectivity index (χ3n) is 3.51. The summed E-state index contributed by atoms with van der Waals surface area (Å²) in [5, 5.41) is 3.68. The minimum absolute atomic E-state index is 0.120. The van der Waals surface area contributed by atoms with E-state index in [1.54, 1.807) is 19.2 Å². The molecule has 2 rings (SSSR count). The van der Waals surface area contributed by atoms with Crippen LogP contribution < -0.4 is 10.1 Å². The fourth-order valence-corrected chi connectivity index (χ4v) is 2.66. The van der Waals surface area contributed by atoms with Crippen molar-refractivity contribution < 1.29 is 14.3 Å². The lowest BCUT2D eigenvalue weighted by Gasteiger charge is -2.16. The van der Waals surface area contributed by atoms with E-state index in [2.05, 4.69) is 5.32 Å². The van der Waals surface area contributed by atoms with Crippen LogP contribution in [-0.4, -0.2) is 36.4 Å². The third kappa shape index (κ3) is 3.36. The Hall–Kier alpha value is -1.59. The van der Waals surface area contributed by atoms with Gasteiger partial charge in [0.2, 0.25) is 11.8 Å². The maximum atomic E-state index is 12.1. The summed E-state index contributed by atoms with van der Waals surface area (Å²) in [5.41, 5.74) is 0.788. The van der Waals surface area contributed by atoms with Gasteiger partial charge in [0.15, 0.2) is 0 Å². The normalized spacial score (nSPS) is 18.4. The Morgan fingerprint density at radius 3 is 2.86 bits per heavy atom. The Kier molecular flexibility index (Phi) is 5.20. The molecule has 0 bridgehead atoms. The topological polar surface area (TPSA) is 58.6 Å². The molecule has 1 heterocycles. The van der Waals surface area contributed by atoms with Crippen molar-refractivity contribution in [3.63, 3.8) is 0 Å². The fraction of sp³-hybridized carbons (Fsp3) is 0.467. The van der Waals surface area contributed by atoms with Crippen molar-refractivity contribution >= 4 is 23.4 Å². The van der Waals surface area contributed by atoms with Gasteiger partial charge in [-0.3, -0.25) is 14.5 Å². The van der Waals surface area contributed by atoms with Crippen LogP contribution in [0, 0.1) is 0 Å². The van der Waals surface area contributed by atoms with Crippen LogP contribution in [0.15, 0.2) is 18.2 Å². The zero-order chi connectivity index (χ0) is 15.4. The van der Waals surface area contributed by atoms with Gasteiger partial charge in [-0.1, -0.05) is 24.6 Å². The average Bonchev–Trinajstić information content (AvgIpc) is 2.74. The van der Waals surface area contributed by atoms with Crippen LogP contribution in [0.1, 0.15) is 25.3 Å². The summed E-state index contributed by atoms with van der Waals surface area (Å²) in [6.45, 7) is 2.80. The Balaban J connectivity index is 2.04. The van der Waals surface area contributed by atoms with Crippen molar-refractivity contribution in [2.24, 2.45) is 0 Å². The maximum absolute atomic E-state index is 12.1. The van der Waals surface area contributed by atoms with Gasteiger partial charge in [-0.15, -0.1) is 0 Å². The summed E-state index contributed by atoms with van der Waals surface area (Å²) in [4.78, 5) is 25.3. The second-order valence-electron chi connectivity index (χ2n) is 4.94. The highest BCUT2D eigenvalue weighted by Crippen LogP contribution is 2.26. The van der Waals surface area contributed by atoms with Crippen molar-refractivity contribution in [2.45, 2.75) is 32.4 Å². The molecule has 1 fully saturated rings. The van der Waals surface area contributed by atoms with Crippen molar-refractivity contribution in [1.29, 1.82) is 0 Å². The first kappa shape index (κ1) is 15.8. The fourth-order valence-electron chi connectivity index (χ4n) is 2.43. The zero-order valence-corrected chi connectivity index (χ0v) is 12.9. The van der Waals surface area contributed by atoms with Gasteiger partial charge >= 0.3 is 0 Å². The van der Waals surface area contributed by atoms with Gasteiger partial charge < -0.3 is 10.1 Å². The number of methoxy groups -OCH3 is 1. The molecular weight excluding hydrogens is 292 g/mol. The van der Waals surface area contributed by atoms with Gasteiger partial charge in [0.1, 0.15) is 5.75 Å². The van der Waals surface area contributed by atoms with Gasteiger partial charge in [0.05, 0.1) is 19.6 Å². The van der Waals surface area contributed by atoms with E-state index in [4.69, 9.17) is 16.3 Å². The summed E-state index contributed by atoms with van der Waals surface area (Å²) in [5.74, 6) is 0.385. The molecule has 1 saturated heterocycles. The van der Waals surface area contributed by atoms with Crippen LogP contribution in [0.3, 0.4) is 0 Å². The second kappa shape index (κ2) is 6.91. The Morgan fingerprint density at radius 1 is 1.43 bits per heavy atom. The Bertz CT molecular complexity index is 548. The number of imide groups is 1. The van der Waals surface area contributed by atoms with Crippen molar-refractivity contribution in [3.05, 3.63) is 28.8 Å². The number of rotatable bonds is 6. The molecule has 6 heteroatoms. The number of amides is 2. The van der Waals surface area contributed by atoms with E-state index < -0.39 is 6.04 Å². The lowest BCUT2D eigenvalue weighted by molar-refractivity contribution is -0.138. The maximum Gasteiger partial charge on any atom is 0.246 e. The second-order valence-corrected chi connectivity index (χ2v) is 5.35. The van der Waals surface area contributed by atoms with Gasteiger partial charge in [0.25, 0.3) is 0 Å². The number of nitrogens with one attached hydrogen (secondary N) is 1. The third-order valence-corrected chi connectivity index (χ3v) is 3.87. The van der Waals surface area contributed by atoms with Crippen LogP contribution in [0.4, 0.5) is 0 Å². The summed E-state index contributed by atoms with van der Waals surface area (Å²) >= 11 is 6.15. The number of likely N-dealkylation sites (tertiary alicyclic amines) is 1. The molecule has 0 radical (unpaired) electrons. The SMILES string of the molecule is CCCN1C(=O)CC(NCc2c(Cl)cccc2OC)C1=O. The summed E-state index contributed by atoms with van der Waals surface area (Å²) in [6, 6.07) is 4.91. The Morgan fingerprint density at radius 2 is 2.19 bits per heavy atom. The predicted molar refractivity (Wildman–Crippen MR) is 80.3 cm³/mol. The van der Waals surface area contributed by atoms with Gasteiger partial charge in [-0.05, 0) is 18.6 Å². The van der Waals surface area contributed by atoms with E-state index in [1.165, 1.54) is 4.90 Å². The summed E-state index contributed by atoms with van der Waals surface area (Å²) < 4.78 is 5.26. The first-order valence-corrected chi connectivity index (χ1v) is 7.35. The van der Waals surface area contributed by atoms with Crippen LogP contribution in [0.25, 0.3) is 0 Å². The molecule has 1 N–H and O–H groups in total. The van der Waals surface area contributed by atoms with E-state index in [0.29, 0.717) is 23.9 Å². The number of nitrogens with zero attached hydrogens (tertiary/aromatic N) is 1. The molecule has 2 amide bonds. The lowest BCUT2D eigenvalue weighted by Crippen LogP contribution is -2.38. The minimum atomic E-state index is -0.481. The van der Waals surface area contributed by atoms with Gasteiger partial charge in [0, 0.05) is 23.7 Å². The molecule has 21 heavy (non-hydrogen) atoms. The molecule has 1 aromatic rings. The zero-order valence-electron chi connectivity index (χ0n) is 12.2. The average molecular weight is 311 g/mol. The number of carbonyl (C=O) groups excluding carboxylic acids is 2. The van der Waals surface area contributed by atoms with Crippen LogP contribution in [0.5, 0.6) is 5.75 Å². The van der Waals surface area contributed by atoms with Crippen molar-refractivity contribution in [1.82, 2.24) is 10.2 Å². The number of halogens is 1. The number of benzene rings is 1. The lowest BCUT2D eigenvalue weighted by atomic mass is 10.1. The molecule has 0 saturated carbocycles. The number of hydrogen-bond acceptors (Lipinski definition) is 4. The quantitative estimate of drug-likeness (QED) is 0.816. The molecule has 114 valence electrons. The molecule has 0 aliphatic carbocycles. The summed E-state index contributed by atoms with van der Waals surface area (Å²) in [6.07, 6.45) is 0.966. The molecule has 1 aromatic carbocycles. The minimum Gasteiger partial charge on any atom is -0.496 e. The smallest absolute Gasteiger partial charge is 0.246 e. The van der Waals surface area contributed by atoms with E-state index >= 15 is 0 Å². The highest BCUT2D eigenvalue weighted by molar-refractivity contribution is 6.31. The van der Waals surface area contributed by atoms with Crippen LogP contribution >= 0.6 is 11.6 Å². The monoisotopic (exact) mass is 310 g/mol. The highest BCUT2D eigenvalue weighted by Gasteiger charge is 2.37. The Labute approximate surface area is 129 Å². The van der Waals surface area contributed by atoms with Gasteiger partial charge in [-0.2, -0.15) is 0 Å². The highest BCUT2D eigenvalue weighted by atomic mass is 35.5. The molecule has 1 atom stereocenters. The van der Waals surface area contributed by atoms with Crippen molar-refractivity contribution in [2.75, 3.05) is 13.7 Å². The molecule has 1 aliphatic heterocycles. The molecule has 1 aliphatic rings.